The molecule has 0 saturated carbocycles. The third kappa shape index (κ3) is 3.15. The van der Waals surface area contributed by atoms with E-state index in [1.165, 1.54) is 12.1 Å². The first-order valence-corrected chi connectivity index (χ1v) is 5.41. The lowest BCUT2D eigenvalue weighted by atomic mass is 10.1. The summed E-state index contributed by atoms with van der Waals surface area (Å²) >= 11 is 0. The number of anilines is 1. The molecule has 4 nitrogen and oxygen atoms in total. The Labute approximate surface area is 95.5 Å². The maximum absolute atomic E-state index is 11.7. The van der Waals surface area contributed by atoms with Gasteiger partial charge in [0.2, 0.25) is 0 Å². The molecule has 4 N–H and O–H groups in total. The van der Waals surface area contributed by atoms with Gasteiger partial charge >= 0.3 is 0 Å². The third-order valence-electron chi connectivity index (χ3n) is 2.60. The van der Waals surface area contributed by atoms with Crippen LogP contribution < -0.4 is 11.1 Å². The highest BCUT2D eigenvalue weighted by Gasteiger charge is 2.08. The van der Waals surface area contributed by atoms with Crippen molar-refractivity contribution in [2.45, 2.75) is 20.3 Å². The number of nitrogen functional groups attached to an aromatic ring is 1. The fourth-order valence-corrected chi connectivity index (χ4v) is 1.20. The highest BCUT2D eigenvalue weighted by Crippen LogP contribution is 2.20. The smallest absolute Gasteiger partial charge is 0.251 e. The van der Waals surface area contributed by atoms with Gasteiger partial charge in [0.05, 0.1) is 5.69 Å². The minimum Gasteiger partial charge on any atom is -0.506 e. The van der Waals surface area contributed by atoms with Crippen LogP contribution in [-0.2, 0) is 0 Å². The molecule has 88 valence electrons. The molecule has 1 aromatic carbocycles. The Bertz CT molecular complexity index is 377. The summed E-state index contributed by atoms with van der Waals surface area (Å²) in [5.41, 5.74) is 6.15. The number of rotatable bonds is 4. The van der Waals surface area contributed by atoms with E-state index in [4.69, 9.17) is 5.73 Å². The lowest BCUT2D eigenvalue weighted by molar-refractivity contribution is 0.0947. The van der Waals surface area contributed by atoms with Crippen LogP contribution >= 0.6 is 0 Å². The Morgan fingerprint density at radius 3 is 2.81 bits per heavy atom. The highest BCUT2D eigenvalue weighted by atomic mass is 16.3. The first-order valence-electron chi connectivity index (χ1n) is 5.41. The van der Waals surface area contributed by atoms with Crippen molar-refractivity contribution in [1.82, 2.24) is 5.32 Å². The standard InChI is InChI=1S/C12H18N2O2/c1-3-8(2)7-14-12(16)9-4-5-10(13)11(15)6-9/h4-6,8,15H,3,7,13H2,1-2H3,(H,14,16). The SMILES string of the molecule is CCC(C)CNC(=O)c1ccc(N)c(O)c1. The monoisotopic (exact) mass is 222 g/mol. The van der Waals surface area contributed by atoms with Crippen molar-refractivity contribution in [3.8, 4) is 5.75 Å². The Hall–Kier alpha value is -1.71. The molecule has 0 bridgehead atoms. The summed E-state index contributed by atoms with van der Waals surface area (Å²) in [6.07, 6.45) is 1.02. The number of phenols is 1. The van der Waals surface area contributed by atoms with Gasteiger partial charge in [-0.15, -0.1) is 0 Å². The first kappa shape index (κ1) is 12.4. The van der Waals surface area contributed by atoms with Crippen molar-refractivity contribution >= 4 is 11.6 Å². The molecule has 1 unspecified atom stereocenters. The number of nitrogens with two attached hydrogens (primary N) is 1. The average molecular weight is 222 g/mol. The fraction of sp³-hybridized carbons (Fsp3) is 0.417. The van der Waals surface area contributed by atoms with Gasteiger partial charge < -0.3 is 16.2 Å². The predicted octanol–water partition coefficient (Wildman–Crippen LogP) is 1.75. The highest BCUT2D eigenvalue weighted by molar-refractivity contribution is 5.95. The summed E-state index contributed by atoms with van der Waals surface area (Å²) in [6.45, 7) is 4.78. The number of hydrogen-bond acceptors (Lipinski definition) is 3. The fourth-order valence-electron chi connectivity index (χ4n) is 1.20. The third-order valence-corrected chi connectivity index (χ3v) is 2.60. The van der Waals surface area contributed by atoms with E-state index in [-0.39, 0.29) is 17.3 Å². The Kier molecular flexibility index (Phi) is 4.17. The van der Waals surface area contributed by atoms with E-state index in [1.54, 1.807) is 6.07 Å². The van der Waals surface area contributed by atoms with Crippen molar-refractivity contribution in [2.24, 2.45) is 5.92 Å². The zero-order valence-electron chi connectivity index (χ0n) is 9.66. The van der Waals surface area contributed by atoms with Gasteiger partial charge in [0.1, 0.15) is 5.75 Å². The summed E-state index contributed by atoms with van der Waals surface area (Å²) < 4.78 is 0. The molecule has 1 amide bonds. The van der Waals surface area contributed by atoms with Crippen LogP contribution in [0.15, 0.2) is 18.2 Å². The van der Waals surface area contributed by atoms with Crippen LogP contribution in [0, 0.1) is 5.92 Å². The van der Waals surface area contributed by atoms with E-state index in [0.717, 1.165) is 6.42 Å². The van der Waals surface area contributed by atoms with E-state index in [0.29, 0.717) is 18.0 Å². The number of aromatic hydroxyl groups is 1. The van der Waals surface area contributed by atoms with Gasteiger partial charge in [-0.05, 0) is 24.1 Å². The summed E-state index contributed by atoms with van der Waals surface area (Å²) in [6, 6.07) is 4.50. The number of nitrogens with one attached hydrogen (secondary N) is 1. The number of phenolic OH excluding ortho intramolecular Hbond substituents is 1. The second kappa shape index (κ2) is 5.39. The molecule has 0 aliphatic heterocycles. The Morgan fingerprint density at radius 1 is 1.56 bits per heavy atom. The number of carbonyl (C=O) groups is 1. The molecule has 1 atom stereocenters. The average Bonchev–Trinajstić information content (AvgIpc) is 2.29. The summed E-state index contributed by atoms with van der Waals surface area (Å²) in [7, 11) is 0. The van der Waals surface area contributed by atoms with Crippen molar-refractivity contribution in [1.29, 1.82) is 0 Å². The van der Waals surface area contributed by atoms with Gasteiger partial charge in [-0.1, -0.05) is 20.3 Å². The molecule has 0 aliphatic carbocycles. The van der Waals surface area contributed by atoms with Crippen molar-refractivity contribution in [3.63, 3.8) is 0 Å². The quantitative estimate of drug-likeness (QED) is 0.536. The molecular weight excluding hydrogens is 204 g/mol. The number of benzene rings is 1. The van der Waals surface area contributed by atoms with Crippen molar-refractivity contribution in [2.75, 3.05) is 12.3 Å². The van der Waals surface area contributed by atoms with Crippen LogP contribution in [0.1, 0.15) is 30.6 Å². The molecule has 0 aliphatic rings. The van der Waals surface area contributed by atoms with Gasteiger partial charge in [-0.3, -0.25) is 4.79 Å². The molecular formula is C12H18N2O2. The topological polar surface area (TPSA) is 75.4 Å². The number of carbonyl (C=O) groups excluding carboxylic acids is 1. The van der Waals surface area contributed by atoms with E-state index in [1.807, 2.05) is 0 Å². The molecule has 1 aromatic rings. The van der Waals surface area contributed by atoms with Gasteiger partial charge in [-0.2, -0.15) is 0 Å². The van der Waals surface area contributed by atoms with E-state index < -0.39 is 0 Å². The summed E-state index contributed by atoms with van der Waals surface area (Å²) in [5, 5.41) is 12.2. The molecule has 0 radical (unpaired) electrons. The molecule has 16 heavy (non-hydrogen) atoms. The van der Waals surface area contributed by atoms with Crippen LogP contribution in [0.25, 0.3) is 0 Å². The van der Waals surface area contributed by atoms with Crippen LogP contribution in [0.5, 0.6) is 5.75 Å². The Morgan fingerprint density at radius 2 is 2.25 bits per heavy atom. The van der Waals surface area contributed by atoms with Crippen molar-refractivity contribution < 1.29 is 9.90 Å². The van der Waals surface area contributed by atoms with E-state index in [2.05, 4.69) is 19.2 Å². The normalized spacial score (nSPS) is 12.1. The molecule has 0 saturated heterocycles. The molecule has 1 rings (SSSR count). The van der Waals surface area contributed by atoms with E-state index >= 15 is 0 Å². The number of amides is 1. The summed E-state index contributed by atoms with van der Waals surface area (Å²) in [5.74, 6) is 0.207. The Balaban J connectivity index is 2.63. The lowest BCUT2D eigenvalue weighted by Crippen LogP contribution is -2.27. The molecule has 4 heteroatoms. The maximum atomic E-state index is 11.7. The zero-order chi connectivity index (χ0) is 12.1. The van der Waals surface area contributed by atoms with Crippen LogP contribution in [0.2, 0.25) is 0 Å². The van der Waals surface area contributed by atoms with Gasteiger partial charge in [0.15, 0.2) is 0 Å². The van der Waals surface area contributed by atoms with Crippen LogP contribution in [0.4, 0.5) is 5.69 Å². The second-order valence-electron chi connectivity index (χ2n) is 4.00. The van der Waals surface area contributed by atoms with E-state index in [9.17, 15) is 9.90 Å². The number of hydrogen-bond donors (Lipinski definition) is 3. The minimum absolute atomic E-state index is 0.0591. The second-order valence-corrected chi connectivity index (χ2v) is 4.00. The molecule has 0 heterocycles. The zero-order valence-corrected chi connectivity index (χ0v) is 9.66. The maximum Gasteiger partial charge on any atom is 0.251 e. The van der Waals surface area contributed by atoms with Gasteiger partial charge in [0.25, 0.3) is 5.91 Å². The minimum atomic E-state index is -0.185. The van der Waals surface area contributed by atoms with Gasteiger partial charge in [-0.25, -0.2) is 0 Å². The largest absolute Gasteiger partial charge is 0.506 e. The molecule has 0 spiro atoms. The molecule has 0 fully saturated rings. The van der Waals surface area contributed by atoms with Crippen LogP contribution in [0.3, 0.4) is 0 Å². The predicted molar refractivity (Wildman–Crippen MR) is 64.3 cm³/mol. The molecule has 0 aromatic heterocycles. The van der Waals surface area contributed by atoms with Gasteiger partial charge in [0, 0.05) is 12.1 Å². The van der Waals surface area contributed by atoms with Crippen molar-refractivity contribution in [3.05, 3.63) is 23.8 Å². The lowest BCUT2D eigenvalue weighted by Gasteiger charge is -2.10. The van der Waals surface area contributed by atoms with Crippen LogP contribution in [-0.4, -0.2) is 17.6 Å². The first-order chi connectivity index (χ1) is 7.54. The summed E-state index contributed by atoms with van der Waals surface area (Å²) in [4.78, 5) is 11.7.